The van der Waals surface area contributed by atoms with Crippen LogP contribution in [0.1, 0.15) is 17.9 Å². The first-order chi connectivity index (χ1) is 14.6. The van der Waals surface area contributed by atoms with E-state index in [1.165, 1.54) is 0 Å². The zero-order valence-electron chi connectivity index (χ0n) is 17.2. The van der Waals surface area contributed by atoms with Gasteiger partial charge < -0.3 is 14.6 Å². The summed E-state index contributed by atoms with van der Waals surface area (Å²) in [5.74, 6) is 2.60. The molecule has 0 bridgehead atoms. The first-order valence-corrected chi connectivity index (χ1v) is 9.91. The number of rotatable bonds is 6. The molecular weight excluding hydrogens is 382 g/mol. The standard InChI is InChI=1S/C21H23N7O2/c1-13-10-23-19(11-22-13)24-18-9-17-8-15(4-7-28(17)25-18)20-14(2)30-26-21(20)29-12-16-5-6-27(16)3/h4,7-11,16H,5-6,12H2,1-3H3,(H,23,24,25)/t16-/m1/s1. The molecule has 0 aliphatic carbocycles. The van der Waals surface area contributed by atoms with Gasteiger partial charge in [-0.05, 0) is 56.7 Å². The number of hydrogen-bond acceptors (Lipinski definition) is 8. The lowest BCUT2D eigenvalue weighted by molar-refractivity contribution is 0.0737. The smallest absolute Gasteiger partial charge is 0.262 e. The molecule has 1 aliphatic heterocycles. The third kappa shape index (κ3) is 3.48. The van der Waals surface area contributed by atoms with Crippen LogP contribution in [0.4, 0.5) is 11.6 Å². The van der Waals surface area contributed by atoms with Gasteiger partial charge in [-0.2, -0.15) is 5.10 Å². The Bertz CT molecular complexity index is 1180. The molecule has 5 rings (SSSR count). The minimum absolute atomic E-state index is 0.436. The summed E-state index contributed by atoms with van der Waals surface area (Å²) in [6, 6.07) is 6.42. The highest BCUT2D eigenvalue weighted by Gasteiger charge is 2.26. The summed E-state index contributed by atoms with van der Waals surface area (Å²) in [5.41, 5.74) is 3.64. The number of ether oxygens (including phenoxy) is 1. The van der Waals surface area contributed by atoms with Crippen molar-refractivity contribution in [2.75, 3.05) is 25.5 Å². The van der Waals surface area contributed by atoms with Crippen molar-refractivity contribution in [3.8, 4) is 17.0 Å². The maximum Gasteiger partial charge on any atom is 0.262 e. The topological polar surface area (TPSA) is 93.6 Å². The van der Waals surface area contributed by atoms with E-state index in [0.29, 0.717) is 30.2 Å². The second-order valence-corrected chi connectivity index (χ2v) is 7.64. The third-order valence-electron chi connectivity index (χ3n) is 5.47. The Morgan fingerprint density at radius 3 is 2.83 bits per heavy atom. The van der Waals surface area contributed by atoms with Crippen LogP contribution in [0.3, 0.4) is 0 Å². The van der Waals surface area contributed by atoms with Crippen LogP contribution in [0.5, 0.6) is 5.88 Å². The van der Waals surface area contributed by atoms with E-state index in [4.69, 9.17) is 9.26 Å². The molecule has 30 heavy (non-hydrogen) atoms. The minimum Gasteiger partial charge on any atom is -0.473 e. The zero-order valence-corrected chi connectivity index (χ0v) is 17.2. The Balaban J connectivity index is 1.40. The quantitative estimate of drug-likeness (QED) is 0.523. The van der Waals surface area contributed by atoms with Crippen molar-refractivity contribution >= 4 is 17.2 Å². The molecule has 0 saturated carbocycles. The number of nitrogens with zero attached hydrogens (tertiary/aromatic N) is 6. The lowest BCUT2D eigenvalue weighted by Crippen LogP contribution is -2.48. The van der Waals surface area contributed by atoms with Gasteiger partial charge in [0, 0.05) is 18.3 Å². The summed E-state index contributed by atoms with van der Waals surface area (Å²) in [4.78, 5) is 10.8. The number of pyridine rings is 1. The molecule has 5 heterocycles. The molecule has 0 aromatic carbocycles. The van der Waals surface area contributed by atoms with E-state index in [-0.39, 0.29) is 0 Å². The maximum absolute atomic E-state index is 6.00. The fourth-order valence-corrected chi connectivity index (χ4v) is 3.53. The Morgan fingerprint density at radius 2 is 2.10 bits per heavy atom. The molecule has 9 nitrogen and oxygen atoms in total. The van der Waals surface area contributed by atoms with E-state index >= 15 is 0 Å². The Morgan fingerprint density at radius 1 is 1.20 bits per heavy atom. The van der Waals surface area contributed by atoms with E-state index in [0.717, 1.165) is 41.1 Å². The first-order valence-electron chi connectivity index (χ1n) is 9.91. The van der Waals surface area contributed by atoms with Gasteiger partial charge in [-0.1, -0.05) is 0 Å². The minimum atomic E-state index is 0.436. The molecule has 154 valence electrons. The van der Waals surface area contributed by atoms with E-state index in [2.05, 4.69) is 37.5 Å². The number of likely N-dealkylation sites (tertiary alicyclic amines) is 1. The second kappa shape index (κ2) is 7.42. The average Bonchev–Trinajstić information content (AvgIpc) is 3.30. The van der Waals surface area contributed by atoms with E-state index < -0.39 is 0 Å². The molecular formula is C21H23N7O2. The van der Waals surface area contributed by atoms with Crippen molar-refractivity contribution in [2.24, 2.45) is 0 Å². The number of anilines is 2. The van der Waals surface area contributed by atoms with Crippen molar-refractivity contribution in [2.45, 2.75) is 26.3 Å². The van der Waals surface area contributed by atoms with Crippen LogP contribution in [-0.2, 0) is 0 Å². The Kier molecular flexibility index (Phi) is 4.59. The molecule has 0 amide bonds. The second-order valence-electron chi connectivity index (χ2n) is 7.64. The van der Waals surface area contributed by atoms with Gasteiger partial charge in [0.05, 0.1) is 29.2 Å². The number of fused-ring (bicyclic) bond motifs is 1. The number of nitrogens with one attached hydrogen (secondary N) is 1. The van der Waals surface area contributed by atoms with Gasteiger partial charge in [-0.25, -0.2) is 9.50 Å². The van der Waals surface area contributed by atoms with Gasteiger partial charge in [-0.3, -0.25) is 9.88 Å². The number of hydrogen-bond donors (Lipinski definition) is 1. The molecule has 1 N–H and O–H groups in total. The van der Waals surface area contributed by atoms with Crippen molar-refractivity contribution in [3.63, 3.8) is 0 Å². The molecule has 0 spiro atoms. The van der Waals surface area contributed by atoms with E-state index in [9.17, 15) is 0 Å². The Labute approximate surface area is 173 Å². The summed E-state index contributed by atoms with van der Waals surface area (Å²) < 4.78 is 13.2. The van der Waals surface area contributed by atoms with Crippen LogP contribution in [-0.4, -0.2) is 55.9 Å². The van der Waals surface area contributed by atoms with Gasteiger partial charge in [0.2, 0.25) is 0 Å². The fourth-order valence-electron chi connectivity index (χ4n) is 3.53. The molecule has 9 heteroatoms. The molecule has 1 saturated heterocycles. The predicted octanol–water partition coefficient (Wildman–Crippen LogP) is 3.22. The zero-order chi connectivity index (χ0) is 20.7. The summed E-state index contributed by atoms with van der Waals surface area (Å²) in [7, 11) is 2.11. The number of aryl methyl sites for hydroxylation is 2. The molecule has 4 aromatic rings. The first kappa shape index (κ1) is 18.6. The highest BCUT2D eigenvalue weighted by atomic mass is 16.5. The van der Waals surface area contributed by atoms with Gasteiger partial charge >= 0.3 is 0 Å². The SMILES string of the molecule is Cc1cnc(Nc2cc3cc(-c4c(OC[C@H]5CCN5C)noc4C)ccn3n2)cn1. The van der Waals surface area contributed by atoms with Crippen LogP contribution in [0.15, 0.2) is 41.3 Å². The van der Waals surface area contributed by atoms with Crippen LogP contribution in [0.2, 0.25) is 0 Å². The monoisotopic (exact) mass is 405 g/mol. The highest BCUT2D eigenvalue weighted by molar-refractivity contribution is 5.75. The van der Waals surface area contributed by atoms with Gasteiger partial charge in [0.25, 0.3) is 5.88 Å². The largest absolute Gasteiger partial charge is 0.473 e. The van der Waals surface area contributed by atoms with E-state index in [1.807, 2.05) is 38.2 Å². The normalized spacial score (nSPS) is 16.6. The van der Waals surface area contributed by atoms with Crippen molar-refractivity contribution in [1.82, 2.24) is 29.6 Å². The van der Waals surface area contributed by atoms with Gasteiger partial charge in [-0.15, -0.1) is 0 Å². The molecule has 0 radical (unpaired) electrons. The van der Waals surface area contributed by atoms with Crippen LogP contribution < -0.4 is 10.1 Å². The van der Waals surface area contributed by atoms with Gasteiger partial charge in [0.15, 0.2) is 5.82 Å². The van der Waals surface area contributed by atoms with Crippen molar-refractivity contribution in [1.29, 1.82) is 0 Å². The van der Waals surface area contributed by atoms with Crippen molar-refractivity contribution in [3.05, 3.63) is 48.2 Å². The lowest BCUT2D eigenvalue weighted by Gasteiger charge is -2.37. The fraction of sp³-hybridized carbons (Fsp3) is 0.333. The average molecular weight is 405 g/mol. The van der Waals surface area contributed by atoms with Crippen LogP contribution in [0, 0.1) is 13.8 Å². The molecule has 0 unspecified atom stereocenters. The van der Waals surface area contributed by atoms with Crippen LogP contribution >= 0.6 is 0 Å². The number of likely N-dealkylation sites (N-methyl/N-ethyl adjacent to an activating group) is 1. The Hall–Kier alpha value is -3.46. The lowest BCUT2D eigenvalue weighted by atomic mass is 10.1. The van der Waals surface area contributed by atoms with Crippen LogP contribution in [0.25, 0.3) is 16.6 Å². The summed E-state index contributed by atoms with van der Waals surface area (Å²) >= 11 is 0. The summed E-state index contributed by atoms with van der Waals surface area (Å²) in [6.07, 6.45) is 6.46. The molecule has 4 aromatic heterocycles. The predicted molar refractivity (Wildman–Crippen MR) is 112 cm³/mol. The number of aromatic nitrogens is 5. The van der Waals surface area contributed by atoms with Gasteiger partial charge in [0.1, 0.15) is 18.2 Å². The summed E-state index contributed by atoms with van der Waals surface area (Å²) in [5, 5.41) is 11.9. The molecule has 1 atom stereocenters. The van der Waals surface area contributed by atoms with E-state index in [1.54, 1.807) is 16.9 Å². The third-order valence-corrected chi connectivity index (χ3v) is 5.47. The highest BCUT2D eigenvalue weighted by Crippen LogP contribution is 2.34. The van der Waals surface area contributed by atoms with Crippen molar-refractivity contribution < 1.29 is 9.26 Å². The summed E-state index contributed by atoms with van der Waals surface area (Å²) in [6.45, 7) is 5.52. The molecule has 1 fully saturated rings. The maximum atomic E-state index is 6.00. The molecule has 1 aliphatic rings.